The summed E-state index contributed by atoms with van der Waals surface area (Å²) in [6.07, 6.45) is 4.37. The summed E-state index contributed by atoms with van der Waals surface area (Å²) >= 11 is 6.54. The Morgan fingerprint density at radius 3 is 2.72 bits per heavy atom. The second kappa shape index (κ2) is 9.44. The number of hydrogen-bond donors (Lipinski definition) is 1. The topological polar surface area (TPSA) is 70.5 Å². The van der Waals surface area contributed by atoms with Crippen molar-refractivity contribution < 1.29 is 9.59 Å². The Labute approximate surface area is 192 Å². The van der Waals surface area contributed by atoms with Gasteiger partial charge in [-0.1, -0.05) is 36.7 Å². The molecule has 3 amide bonds. The Kier molecular flexibility index (Phi) is 6.46. The number of halogens is 1. The van der Waals surface area contributed by atoms with Crippen LogP contribution in [0.15, 0.2) is 60.9 Å². The summed E-state index contributed by atoms with van der Waals surface area (Å²) in [6, 6.07) is 14.5. The SMILES string of the molecule is CCCNC(=O)N1Cc2ccccc2N(C(=O)c2ccc(-n3cccn3)cc2Cl)CC1C. The van der Waals surface area contributed by atoms with Crippen molar-refractivity contribution >= 4 is 29.2 Å². The molecule has 8 heteroatoms. The van der Waals surface area contributed by atoms with E-state index in [-0.39, 0.29) is 18.0 Å². The van der Waals surface area contributed by atoms with Gasteiger partial charge in [-0.25, -0.2) is 9.48 Å². The summed E-state index contributed by atoms with van der Waals surface area (Å²) in [5.74, 6) is -0.197. The lowest BCUT2D eigenvalue weighted by Gasteiger charge is -2.29. The van der Waals surface area contributed by atoms with Gasteiger partial charge in [0.15, 0.2) is 0 Å². The van der Waals surface area contributed by atoms with Crippen LogP contribution >= 0.6 is 11.6 Å². The quantitative estimate of drug-likeness (QED) is 0.635. The molecule has 1 atom stereocenters. The third-order valence-electron chi connectivity index (χ3n) is 5.59. The smallest absolute Gasteiger partial charge is 0.318 e. The minimum atomic E-state index is -0.197. The number of nitrogens with one attached hydrogen (secondary N) is 1. The van der Waals surface area contributed by atoms with E-state index in [2.05, 4.69) is 10.4 Å². The summed E-state index contributed by atoms with van der Waals surface area (Å²) in [7, 11) is 0. The number of fused-ring (bicyclic) bond motifs is 1. The highest BCUT2D eigenvalue weighted by Crippen LogP contribution is 2.30. The third-order valence-corrected chi connectivity index (χ3v) is 5.90. The summed E-state index contributed by atoms with van der Waals surface area (Å²) < 4.78 is 1.69. The van der Waals surface area contributed by atoms with Crippen molar-refractivity contribution in [2.24, 2.45) is 0 Å². The lowest BCUT2D eigenvalue weighted by molar-refractivity contribution is 0.0980. The molecule has 2 heterocycles. The predicted molar refractivity (Wildman–Crippen MR) is 125 cm³/mol. The predicted octanol–water partition coefficient (Wildman–Crippen LogP) is 4.50. The second-order valence-electron chi connectivity index (χ2n) is 7.87. The van der Waals surface area contributed by atoms with Gasteiger partial charge >= 0.3 is 6.03 Å². The van der Waals surface area contributed by atoms with Crippen molar-refractivity contribution in [1.82, 2.24) is 20.0 Å². The molecule has 0 radical (unpaired) electrons. The Balaban J connectivity index is 1.66. The summed E-state index contributed by atoms with van der Waals surface area (Å²) in [4.78, 5) is 29.9. The summed E-state index contributed by atoms with van der Waals surface area (Å²) in [6.45, 7) is 5.39. The average molecular weight is 452 g/mol. The molecular formula is C24H26ClN5O2. The van der Waals surface area contributed by atoms with E-state index < -0.39 is 0 Å². The van der Waals surface area contributed by atoms with Crippen molar-refractivity contribution in [2.75, 3.05) is 18.0 Å². The minimum Gasteiger partial charge on any atom is -0.338 e. The number of para-hydroxylation sites is 1. The zero-order chi connectivity index (χ0) is 22.7. The molecule has 0 spiro atoms. The van der Waals surface area contributed by atoms with E-state index in [0.717, 1.165) is 23.4 Å². The zero-order valence-corrected chi connectivity index (χ0v) is 18.9. The van der Waals surface area contributed by atoms with Crippen molar-refractivity contribution in [2.45, 2.75) is 32.9 Å². The van der Waals surface area contributed by atoms with Gasteiger partial charge in [0.05, 0.1) is 16.3 Å². The zero-order valence-electron chi connectivity index (χ0n) is 18.2. The fraction of sp³-hybridized carbons (Fsp3) is 0.292. The van der Waals surface area contributed by atoms with Crippen LogP contribution in [-0.4, -0.2) is 45.8 Å². The molecule has 0 aliphatic carbocycles. The molecule has 0 saturated heterocycles. The van der Waals surface area contributed by atoms with Gasteiger partial charge < -0.3 is 15.1 Å². The number of carbonyl (C=O) groups is 2. The van der Waals surface area contributed by atoms with Gasteiger partial charge in [0, 0.05) is 43.8 Å². The molecule has 0 saturated carbocycles. The van der Waals surface area contributed by atoms with Gasteiger partial charge in [-0.2, -0.15) is 5.10 Å². The van der Waals surface area contributed by atoms with E-state index >= 15 is 0 Å². The molecule has 2 aromatic carbocycles. The van der Waals surface area contributed by atoms with E-state index in [0.29, 0.717) is 30.2 Å². The Morgan fingerprint density at radius 2 is 2.00 bits per heavy atom. The van der Waals surface area contributed by atoms with E-state index in [4.69, 9.17) is 11.6 Å². The monoisotopic (exact) mass is 451 g/mol. The number of amides is 3. The standard InChI is InChI=1S/C24H26ClN5O2/c1-3-11-26-24(32)28-16-18-7-4-5-8-22(18)29(15-17(28)2)23(31)20-10-9-19(14-21(20)25)30-13-6-12-27-30/h4-10,12-14,17H,3,11,15-16H2,1-2H3,(H,26,32). The van der Waals surface area contributed by atoms with Gasteiger partial charge in [-0.05, 0) is 49.2 Å². The van der Waals surface area contributed by atoms with Crippen LogP contribution in [-0.2, 0) is 6.54 Å². The first-order chi connectivity index (χ1) is 15.5. The maximum Gasteiger partial charge on any atom is 0.318 e. The Bertz CT molecular complexity index is 1120. The molecular weight excluding hydrogens is 426 g/mol. The van der Waals surface area contributed by atoms with Gasteiger partial charge in [0.25, 0.3) is 5.91 Å². The molecule has 0 fully saturated rings. The van der Waals surface area contributed by atoms with Gasteiger partial charge in [0.1, 0.15) is 0 Å². The maximum atomic E-state index is 13.6. The van der Waals surface area contributed by atoms with Crippen molar-refractivity contribution in [1.29, 1.82) is 0 Å². The van der Waals surface area contributed by atoms with Crippen LogP contribution in [0.2, 0.25) is 5.02 Å². The molecule has 1 aromatic heterocycles. The fourth-order valence-electron chi connectivity index (χ4n) is 3.89. The molecule has 1 unspecified atom stereocenters. The molecule has 3 aromatic rings. The number of urea groups is 1. The van der Waals surface area contributed by atoms with Gasteiger partial charge in [0.2, 0.25) is 0 Å². The van der Waals surface area contributed by atoms with E-state index in [9.17, 15) is 9.59 Å². The number of benzene rings is 2. The molecule has 7 nitrogen and oxygen atoms in total. The van der Waals surface area contributed by atoms with Crippen molar-refractivity contribution in [3.63, 3.8) is 0 Å². The van der Waals surface area contributed by atoms with Crippen LogP contribution < -0.4 is 10.2 Å². The van der Waals surface area contributed by atoms with Crippen molar-refractivity contribution in [3.05, 3.63) is 77.1 Å². The lowest BCUT2D eigenvalue weighted by atomic mass is 10.1. The molecule has 1 N–H and O–H groups in total. The first-order valence-corrected chi connectivity index (χ1v) is 11.1. The van der Waals surface area contributed by atoms with E-state index in [1.54, 1.807) is 32.8 Å². The lowest BCUT2D eigenvalue weighted by Crippen LogP contribution is -2.48. The first-order valence-electron chi connectivity index (χ1n) is 10.7. The molecule has 4 rings (SSSR count). The highest BCUT2D eigenvalue weighted by molar-refractivity contribution is 6.34. The normalized spacial score (nSPS) is 15.8. The Morgan fingerprint density at radius 1 is 1.19 bits per heavy atom. The number of hydrogen-bond acceptors (Lipinski definition) is 3. The highest BCUT2D eigenvalue weighted by atomic mass is 35.5. The highest BCUT2D eigenvalue weighted by Gasteiger charge is 2.32. The van der Waals surface area contributed by atoms with Crippen LogP contribution in [0.1, 0.15) is 36.2 Å². The average Bonchev–Trinajstić information content (AvgIpc) is 3.29. The molecule has 166 valence electrons. The third kappa shape index (κ3) is 4.34. The fourth-order valence-corrected chi connectivity index (χ4v) is 4.15. The van der Waals surface area contributed by atoms with Crippen LogP contribution in [0.5, 0.6) is 0 Å². The summed E-state index contributed by atoms with van der Waals surface area (Å²) in [5, 5.41) is 7.52. The van der Waals surface area contributed by atoms with Crippen LogP contribution in [0.25, 0.3) is 5.69 Å². The molecule has 32 heavy (non-hydrogen) atoms. The first kappa shape index (κ1) is 21.9. The number of aromatic nitrogens is 2. The van der Waals surface area contributed by atoms with Gasteiger partial charge in [-0.3, -0.25) is 4.79 Å². The van der Waals surface area contributed by atoms with Crippen molar-refractivity contribution in [3.8, 4) is 5.69 Å². The molecule has 1 aliphatic heterocycles. The number of rotatable bonds is 4. The Hall–Kier alpha value is -3.32. The maximum absolute atomic E-state index is 13.6. The number of anilines is 1. The largest absolute Gasteiger partial charge is 0.338 e. The van der Waals surface area contributed by atoms with Crippen LogP contribution in [0, 0.1) is 0 Å². The van der Waals surface area contributed by atoms with Gasteiger partial charge in [-0.15, -0.1) is 0 Å². The number of carbonyl (C=O) groups excluding carboxylic acids is 2. The molecule has 1 aliphatic rings. The number of nitrogens with zero attached hydrogens (tertiary/aromatic N) is 4. The second-order valence-corrected chi connectivity index (χ2v) is 8.28. The van der Waals surface area contributed by atoms with E-state index in [1.165, 1.54) is 0 Å². The summed E-state index contributed by atoms with van der Waals surface area (Å²) in [5.41, 5.74) is 2.90. The molecule has 0 bridgehead atoms. The minimum absolute atomic E-state index is 0.120. The van der Waals surface area contributed by atoms with Crippen LogP contribution in [0.3, 0.4) is 0 Å². The van der Waals surface area contributed by atoms with Crippen LogP contribution in [0.4, 0.5) is 10.5 Å². The van der Waals surface area contributed by atoms with E-state index in [1.807, 2.05) is 56.4 Å².